The predicted molar refractivity (Wildman–Crippen MR) is 49.5 cm³/mol. The average molecular weight is 208 g/mol. The van der Waals surface area contributed by atoms with E-state index in [1.807, 2.05) is 0 Å². The van der Waals surface area contributed by atoms with Gasteiger partial charge in [-0.1, -0.05) is 0 Å². The monoisotopic (exact) mass is 208 g/mol. The summed E-state index contributed by atoms with van der Waals surface area (Å²) in [5.41, 5.74) is 5.85. The van der Waals surface area contributed by atoms with Crippen LogP contribution < -0.4 is 10.9 Å². The summed E-state index contributed by atoms with van der Waals surface area (Å²) in [6, 6.07) is 5.70. The van der Waals surface area contributed by atoms with Gasteiger partial charge in [-0.25, -0.2) is 13.6 Å². The molecule has 1 aromatic rings. The second-order valence-electron chi connectivity index (χ2n) is 2.11. The van der Waals surface area contributed by atoms with E-state index in [9.17, 15) is 8.42 Å². The molecule has 7 heteroatoms. The number of nitrogen functional groups attached to an aromatic ring is 1. The Kier molecular flexibility index (Phi) is 5.28. The lowest BCUT2D eigenvalue weighted by atomic mass is 10.3. The Bertz CT molecular complexity index is 345. The number of sulfonamides is 1. The number of rotatable bonds is 1. The molecule has 1 rings (SSSR count). The molecule has 0 saturated heterocycles. The van der Waals surface area contributed by atoms with Gasteiger partial charge in [0.25, 0.3) is 0 Å². The molecule has 0 atom stereocenters. The molecule has 0 fully saturated rings. The molecule has 76 valence electrons. The summed E-state index contributed by atoms with van der Waals surface area (Å²) in [5.74, 6) is 0. The molecule has 0 aliphatic heterocycles. The molecule has 0 amide bonds. The topological polar surface area (TPSA) is 149 Å². The number of benzene rings is 1. The Labute approximate surface area is 75.8 Å². The third-order valence-electron chi connectivity index (χ3n) is 1.21. The Morgan fingerprint density at radius 3 is 1.69 bits per heavy atom. The van der Waals surface area contributed by atoms with Crippen LogP contribution in [0.5, 0.6) is 0 Å². The minimum Gasteiger partial charge on any atom is -0.412 e. The highest BCUT2D eigenvalue weighted by molar-refractivity contribution is 7.89. The number of nitrogens with two attached hydrogens (primary N) is 2. The number of hydrogen-bond acceptors (Lipinski definition) is 3. The van der Waals surface area contributed by atoms with Gasteiger partial charge < -0.3 is 16.7 Å². The van der Waals surface area contributed by atoms with Crippen LogP contribution in [-0.2, 0) is 10.0 Å². The maximum absolute atomic E-state index is 10.7. The normalized spacial score (nSPS) is 9.62. The zero-order chi connectivity index (χ0) is 8.48. The SMILES string of the molecule is Nc1ccc(S(N)(=O)=O)cc1.O.O. The average Bonchev–Trinajstić information content (AvgIpc) is 1.86. The molecule has 6 nitrogen and oxygen atoms in total. The molecule has 0 aliphatic rings. The fourth-order valence-corrected chi connectivity index (χ4v) is 1.17. The first-order chi connectivity index (χ1) is 5.00. The van der Waals surface area contributed by atoms with Gasteiger partial charge in [-0.3, -0.25) is 0 Å². The second kappa shape index (κ2) is 4.77. The smallest absolute Gasteiger partial charge is 0.238 e. The van der Waals surface area contributed by atoms with Crippen LogP contribution in [0, 0.1) is 0 Å². The number of anilines is 1. The van der Waals surface area contributed by atoms with Crippen LogP contribution in [-0.4, -0.2) is 19.4 Å². The second-order valence-corrected chi connectivity index (χ2v) is 3.68. The Morgan fingerprint density at radius 1 is 1.00 bits per heavy atom. The quantitative estimate of drug-likeness (QED) is 0.527. The fourth-order valence-electron chi connectivity index (χ4n) is 0.658. The standard InChI is InChI=1S/C6H8N2O2S.2H2O/c7-5-1-3-6(4-2-5)11(8,9)10;;/h1-4H,7H2,(H2,8,9,10);2*1H2. The highest BCUT2D eigenvalue weighted by Gasteiger charge is 2.04. The van der Waals surface area contributed by atoms with Gasteiger partial charge >= 0.3 is 0 Å². The maximum Gasteiger partial charge on any atom is 0.238 e. The van der Waals surface area contributed by atoms with Crippen LogP contribution in [0.25, 0.3) is 0 Å². The fraction of sp³-hybridized carbons (Fsp3) is 0. The molecular formula is C6H12N2O4S. The number of hydrogen-bond donors (Lipinski definition) is 2. The summed E-state index contributed by atoms with van der Waals surface area (Å²) in [7, 11) is -3.58. The van der Waals surface area contributed by atoms with Crippen molar-refractivity contribution in [2.45, 2.75) is 4.90 Å². The molecule has 0 radical (unpaired) electrons. The van der Waals surface area contributed by atoms with E-state index in [4.69, 9.17) is 10.9 Å². The van der Waals surface area contributed by atoms with E-state index < -0.39 is 10.0 Å². The van der Waals surface area contributed by atoms with Crippen LogP contribution >= 0.6 is 0 Å². The first kappa shape index (κ1) is 14.4. The van der Waals surface area contributed by atoms with Crippen LogP contribution in [0.15, 0.2) is 29.2 Å². The van der Waals surface area contributed by atoms with E-state index in [1.54, 1.807) is 0 Å². The van der Waals surface area contributed by atoms with Crippen LogP contribution in [0.1, 0.15) is 0 Å². The van der Waals surface area contributed by atoms with E-state index in [0.29, 0.717) is 5.69 Å². The summed E-state index contributed by atoms with van der Waals surface area (Å²) in [6.07, 6.45) is 0. The van der Waals surface area contributed by atoms with Gasteiger partial charge in [-0.15, -0.1) is 0 Å². The molecule has 0 heterocycles. The molecule has 13 heavy (non-hydrogen) atoms. The van der Waals surface area contributed by atoms with Crippen LogP contribution in [0.2, 0.25) is 0 Å². The van der Waals surface area contributed by atoms with E-state index in [-0.39, 0.29) is 15.8 Å². The van der Waals surface area contributed by atoms with Gasteiger partial charge in [0.2, 0.25) is 10.0 Å². The molecule has 0 aromatic heterocycles. The Balaban J connectivity index is 0. The predicted octanol–water partition coefficient (Wildman–Crippen LogP) is -1.73. The largest absolute Gasteiger partial charge is 0.412 e. The lowest BCUT2D eigenvalue weighted by molar-refractivity contribution is 0.598. The van der Waals surface area contributed by atoms with Crippen molar-refractivity contribution in [1.29, 1.82) is 0 Å². The van der Waals surface area contributed by atoms with E-state index in [1.165, 1.54) is 24.3 Å². The molecule has 0 bridgehead atoms. The first-order valence-corrected chi connectivity index (χ1v) is 4.43. The molecular weight excluding hydrogens is 196 g/mol. The van der Waals surface area contributed by atoms with Crippen LogP contribution in [0.3, 0.4) is 0 Å². The molecule has 0 unspecified atom stereocenters. The Morgan fingerprint density at radius 2 is 1.38 bits per heavy atom. The third-order valence-corrected chi connectivity index (χ3v) is 2.14. The molecule has 0 aliphatic carbocycles. The van der Waals surface area contributed by atoms with Crippen molar-refractivity contribution >= 4 is 15.7 Å². The van der Waals surface area contributed by atoms with Gasteiger partial charge in [0.1, 0.15) is 0 Å². The lowest BCUT2D eigenvalue weighted by Crippen LogP contribution is -2.11. The van der Waals surface area contributed by atoms with Gasteiger partial charge in [-0.2, -0.15) is 0 Å². The summed E-state index contributed by atoms with van der Waals surface area (Å²) in [4.78, 5) is 0.0756. The van der Waals surface area contributed by atoms with Crippen molar-refractivity contribution in [3.05, 3.63) is 24.3 Å². The van der Waals surface area contributed by atoms with E-state index >= 15 is 0 Å². The summed E-state index contributed by atoms with van der Waals surface area (Å²) in [6.45, 7) is 0. The van der Waals surface area contributed by atoms with Crippen molar-refractivity contribution < 1.29 is 19.4 Å². The summed E-state index contributed by atoms with van der Waals surface area (Å²) in [5, 5.41) is 4.84. The van der Waals surface area contributed by atoms with Crippen molar-refractivity contribution in [3.8, 4) is 0 Å². The third kappa shape index (κ3) is 3.85. The highest BCUT2D eigenvalue weighted by atomic mass is 32.2. The minimum atomic E-state index is -3.58. The van der Waals surface area contributed by atoms with Crippen molar-refractivity contribution in [3.63, 3.8) is 0 Å². The molecule has 8 N–H and O–H groups in total. The van der Waals surface area contributed by atoms with Gasteiger partial charge in [0.05, 0.1) is 4.90 Å². The van der Waals surface area contributed by atoms with E-state index in [2.05, 4.69) is 0 Å². The van der Waals surface area contributed by atoms with Crippen molar-refractivity contribution in [1.82, 2.24) is 0 Å². The van der Waals surface area contributed by atoms with Gasteiger partial charge in [0.15, 0.2) is 0 Å². The Hall–Kier alpha value is -1.15. The maximum atomic E-state index is 10.7. The van der Waals surface area contributed by atoms with E-state index in [0.717, 1.165) is 0 Å². The zero-order valence-electron chi connectivity index (χ0n) is 6.69. The first-order valence-electron chi connectivity index (χ1n) is 2.88. The van der Waals surface area contributed by atoms with Gasteiger partial charge in [-0.05, 0) is 24.3 Å². The van der Waals surface area contributed by atoms with Crippen molar-refractivity contribution in [2.24, 2.45) is 5.14 Å². The van der Waals surface area contributed by atoms with Crippen LogP contribution in [0.4, 0.5) is 5.69 Å². The lowest BCUT2D eigenvalue weighted by Gasteiger charge is -1.96. The minimum absolute atomic E-state index is 0. The molecule has 0 spiro atoms. The molecule has 1 aromatic carbocycles. The summed E-state index contributed by atoms with van der Waals surface area (Å²) >= 11 is 0. The van der Waals surface area contributed by atoms with Gasteiger partial charge in [0, 0.05) is 5.69 Å². The highest BCUT2D eigenvalue weighted by Crippen LogP contribution is 2.08. The molecule has 0 saturated carbocycles. The summed E-state index contributed by atoms with van der Waals surface area (Å²) < 4.78 is 21.4. The van der Waals surface area contributed by atoms with Crippen molar-refractivity contribution in [2.75, 3.05) is 5.73 Å². The number of primary sulfonamides is 1. The zero-order valence-corrected chi connectivity index (χ0v) is 7.51.